The van der Waals surface area contributed by atoms with E-state index in [9.17, 15) is 4.79 Å². The van der Waals surface area contributed by atoms with Gasteiger partial charge in [0, 0.05) is 19.2 Å². The van der Waals surface area contributed by atoms with Gasteiger partial charge in [-0.3, -0.25) is 0 Å². The lowest BCUT2D eigenvalue weighted by Gasteiger charge is -2.22. The quantitative estimate of drug-likeness (QED) is 0.752. The zero-order valence-electron chi connectivity index (χ0n) is 10.5. The summed E-state index contributed by atoms with van der Waals surface area (Å²) in [6.07, 6.45) is 3.45. The molecule has 3 N–H and O–H groups in total. The molecule has 2 aromatic heterocycles. The SMILES string of the molecule is CCCN(CCCN)c1cc2n[nH]c(=O)n2cn1. The smallest absolute Gasteiger partial charge is 0.348 e. The molecule has 0 aliphatic heterocycles. The fraction of sp³-hybridized carbons (Fsp3) is 0.545. The summed E-state index contributed by atoms with van der Waals surface area (Å²) < 4.78 is 1.39. The molecule has 0 unspecified atom stereocenters. The second kappa shape index (κ2) is 5.63. The average Bonchev–Trinajstić information content (AvgIpc) is 2.76. The number of nitrogens with one attached hydrogen (secondary N) is 1. The Morgan fingerprint density at radius 2 is 2.33 bits per heavy atom. The number of aromatic nitrogens is 4. The first-order chi connectivity index (χ1) is 8.76. The van der Waals surface area contributed by atoms with Gasteiger partial charge in [-0.25, -0.2) is 19.3 Å². The van der Waals surface area contributed by atoms with Crippen LogP contribution in [0.1, 0.15) is 19.8 Å². The second-order valence-electron chi connectivity index (χ2n) is 4.13. The molecule has 2 heterocycles. The van der Waals surface area contributed by atoms with Crippen molar-refractivity contribution in [2.24, 2.45) is 5.73 Å². The summed E-state index contributed by atoms with van der Waals surface area (Å²) in [7, 11) is 0. The maximum Gasteiger partial charge on any atom is 0.348 e. The number of fused-ring (bicyclic) bond motifs is 1. The largest absolute Gasteiger partial charge is 0.356 e. The van der Waals surface area contributed by atoms with E-state index in [0.29, 0.717) is 12.2 Å². The zero-order chi connectivity index (χ0) is 13.0. The molecule has 0 fully saturated rings. The molecule has 2 rings (SSSR count). The van der Waals surface area contributed by atoms with Crippen molar-refractivity contribution < 1.29 is 0 Å². The minimum absolute atomic E-state index is 0.270. The number of hydrogen-bond acceptors (Lipinski definition) is 5. The molecule has 0 aliphatic carbocycles. The molecular formula is C11H18N6O. The van der Waals surface area contributed by atoms with Crippen LogP contribution in [0.3, 0.4) is 0 Å². The topological polar surface area (TPSA) is 92.3 Å². The van der Waals surface area contributed by atoms with E-state index >= 15 is 0 Å². The number of hydrogen-bond donors (Lipinski definition) is 2. The standard InChI is InChI=1S/C11H18N6O/c1-2-5-16(6-3-4-12)9-7-10-14-15-11(18)17(10)8-13-9/h7-8H,2-6,12H2,1H3,(H,15,18). The lowest BCUT2D eigenvalue weighted by Crippen LogP contribution is -2.28. The van der Waals surface area contributed by atoms with E-state index in [4.69, 9.17) is 5.73 Å². The van der Waals surface area contributed by atoms with Crippen LogP contribution >= 0.6 is 0 Å². The highest BCUT2D eigenvalue weighted by Gasteiger charge is 2.09. The summed E-state index contributed by atoms with van der Waals surface area (Å²) in [5, 5.41) is 6.33. The van der Waals surface area contributed by atoms with Gasteiger partial charge in [0.1, 0.15) is 12.1 Å². The summed E-state index contributed by atoms with van der Waals surface area (Å²) >= 11 is 0. The molecule has 0 radical (unpaired) electrons. The molecule has 0 atom stereocenters. The van der Waals surface area contributed by atoms with Gasteiger partial charge >= 0.3 is 5.69 Å². The third kappa shape index (κ3) is 2.51. The van der Waals surface area contributed by atoms with Gasteiger partial charge in [-0.15, -0.1) is 0 Å². The molecule has 0 saturated heterocycles. The van der Waals surface area contributed by atoms with Crippen molar-refractivity contribution >= 4 is 11.5 Å². The van der Waals surface area contributed by atoms with E-state index < -0.39 is 0 Å². The van der Waals surface area contributed by atoms with Crippen LogP contribution in [-0.2, 0) is 0 Å². The molecule has 18 heavy (non-hydrogen) atoms. The predicted octanol–water partition coefficient (Wildman–Crippen LogP) is -0.0172. The number of H-pyrrole nitrogens is 1. The van der Waals surface area contributed by atoms with Gasteiger partial charge in [-0.1, -0.05) is 6.92 Å². The van der Waals surface area contributed by atoms with Crippen molar-refractivity contribution in [3.63, 3.8) is 0 Å². The molecule has 2 aromatic rings. The summed E-state index contributed by atoms with van der Waals surface area (Å²) in [4.78, 5) is 17.8. The van der Waals surface area contributed by atoms with Crippen molar-refractivity contribution in [1.82, 2.24) is 19.6 Å². The van der Waals surface area contributed by atoms with Crippen LogP contribution in [0.5, 0.6) is 0 Å². The maximum atomic E-state index is 11.3. The highest BCUT2D eigenvalue weighted by Crippen LogP contribution is 2.12. The van der Waals surface area contributed by atoms with E-state index in [1.165, 1.54) is 10.7 Å². The number of rotatable bonds is 6. The van der Waals surface area contributed by atoms with Crippen molar-refractivity contribution in [2.45, 2.75) is 19.8 Å². The van der Waals surface area contributed by atoms with Gasteiger partial charge in [0.05, 0.1) is 0 Å². The number of nitrogens with two attached hydrogens (primary N) is 1. The normalized spacial score (nSPS) is 11.0. The first-order valence-corrected chi connectivity index (χ1v) is 6.14. The van der Waals surface area contributed by atoms with Crippen molar-refractivity contribution in [1.29, 1.82) is 0 Å². The average molecular weight is 250 g/mol. The van der Waals surface area contributed by atoms with E-state index in [1.54, 1.807) is 0 Å². The molecule has 0 bridgehead atoms. The van der Waals surface area contributed by atoms with E-state index in [2.05, 4.69) is 27.0 Å². The van der Waals surface area contributed by atoms with Gasteiger partial charge in [0.15, 0.2) is 5.65 Å². The van der Waals surface area contributed by atoms with Crippen molar-refractivity contribution in [3.8, 4) is 0 Å². The Hall–Kier alpha value is -1.89. The van der Waals surface area contributed by atoms with Gasteiger partial charge in [0.2, 0.25) is 0 Å². The fourth-order valence-corrected chi connectivity index (χ4v) is 1.87. The molecule has 98 valence electrons. The third-order valence-corrected chi connectivity index (χ3v) is 2.75. The van der Waals surface area contributed by atoms with Crippen LogP contribution in [0.25, 0.3) is 5.65 Å². The number of aromatic amines is 1. The van der Waals surface area contributed by atoms with Crippen LogP contribution in [0.2, 0.25) is 0 Å². The third-order valence-electron chi connectivity index (χ3n) is 2.75. The summed E-state index contributed by atoms with van der Waals surface area (Å²) in [5.74, 6) is 0.830. The molecule has 0 amide bonds. The molecule has 0 spiro atoms. The molecule has 7 nitrogen and oxygen atoms in total. The Morgan fingerprint density at radius 3 is 3.06 bits per heavy atom. The van der Waals surface area contributed by atoms with Crippen LogP contribution in [-0.4, -0.2) is 39.2 Å². The van der Waals surface area contributed by atoms with Crippen LogP contribution < -0.4 is 16.3 Å². The Kier molecular flexibility index (Phi) is 3.93. The molecule has 0 aromatic carbocycles. The number of nitrogens with zero attached hydrogens (tertiary/aromatic N) is 4. The van der Waals surface area contributed by atoms with Gasteiger partial charge in [0.25, 0.3) is 0 Å². The fourth-order valence-electron chi connectivity index (χ4n) is 1.87. The summed E-state index contributed by atoms with van der Waals surface area (Å²) in [5.41, 5.74) is 5.85. The van der Waals surface area contributed by atoms with E-state index in [-0.39, 0.29) is 5.69 Å². The first kappa shape index (κ1) is 12.6. The molecular weight excluding hydrogens is 232 g/mol. The van der Waals surface area contributed by atoms with Crippen LogP contribution in [0, 0.1) is 0 Å². The Labute approximate surface area is 105 Å². The monoisotopic (exact) mass is 250 g/mol. The minimum Gasteiger partial charge on any atom is -0.356 e. The summed E-state index contributed by atoms with van der Waals surface area (Å²) in [6.45, 7) is 4.55. The lowest BCUT2D eigenvalue weighted by molar-refractivity contribution is 0.710. The zero-order valence-corrected chi connectivity index (χ0v) is 10.5. The minimum atomic E-state index is -0.270. The van der Waals surface area contributed by atoms with Gasteiger partial charge < -0.3 is 10.6 Å². The molecule has 7 heteroatoms. The molecule has 0 saturated carbocycles. The van der Waals surface area contributed by atoms with Crippen LogP contribution in [0.4, 0.5) is 5.82 Å². The second-order valence-corrected chi connectivity index (χ2v) is 4.13. The molecule has 0 aliphatic rings. The highest BCUT2D eigenvalue weighted by atomic mass is 16.1. The van der Waals surface area contributed by atoms with Gasteiger partial charge in [-0.05, 0) is 19.4 Å². The maximum absolute atomic E-state index is 11.3. The Morgan fingerprint density at radius 1 is 1.50 bits per heavy atom. The van der Waals surface area contributed by atoms with Crippen molar-refractivity contribution in [2.75, 3.05) is 24.5 Å². The predicted molar refractivity (Wildman–Crippen MR) is 69.8 cm³/mol. The lowest BCUT2D eigenvalue weighted by atomic mass is 10.3. The van der Waals surface area contributed by atoms with E-state index in [1.807, 2.05) is 6.07 Å². The van der Waals surface area contributed by atoms with E-state index in [0.717, 1.165) is 31.7 Å². The van der Waals surface area contributed by atoms with Gasteiger partial charge in [-0.2, -0.15) is 5.10 Å². The first-order valence-electron chi connectivity index (χ1n) is 6.14. The Bertz CT molecular complexity index is 560. The van der Waals surface area contributed by atoms with Crippen molar-refractivity contribution in [3.05, 3.63) is 22.9 Å². The number of anilines is 1. The highest BCUT2D eigenvalue weighted by molar-refractivity contribution is 5.50. The summed E-state index contributed by atoms with van der Waals surface area (Å²) in [6, 6.07) is 1.81. The van der Waals surface area contributed by atoms with Crippen LogP contribution in [0.15, 0.2) is 17.2 Å². The Balaban J connectivity index is 2.28.